The Morgan fingerprint density at radius 2 is 1.83 bits per heavy atom. The molecule has 0 aliphatic carbocycles. The van der Waals surface area contributed by atoms with Crippen LogP contribution in [0.2, 0.25) is 0 Å². The average molecular weight is 423 g/mol. The molecule has 3 rings (SSSR count). The number of rotatable bonds is 4. The SMILES string of the molecule is Cc1cc(=O)c(C(=O)OC(C)C(=O)N2CCCC2)nn1-c1cccc(C(F)(F)F)c1. The number of hydrogen-bond acceptors (Lipinski definition) is 5. The first-order valence-corrected chi connectivity index (χ1v) is 9.36. The molecule has 160 valence electrons. The van der Waals surface area contributed by atoms with Crippen LogP contribution < -0.4 is 5.43 Å². The maximum absolute atomic E-state index is 13.0. The van der Waals surface area contributed by atoms with E-state index in [0.29, 0.717) is 13.1 Å². The number of esters is 1. The van der Waals surface area contributed by atoms with Crippen molar-refractivity contribution in [3.05, 3.63) is 57.5 Å². The number of ether oxygens (including phenoxy) is 1. The van der Waals surface area contributed by atoms with Crippen molar-refractivity contribution in [3.8, 4) is 5.69 Å². The van der Waals surface area contributed by atoms with Gasteiger partial charge in [-0.2, -0.15) is 18.3 Å². The molecule has 2 heterocycles. The van der Waals surface area contributed by atoms with Gasteiger partial charge in [0.1, 0.15) is 0 Å². The maximum Gasteiger partial charge on any atom is 0.416 e. The minimum atomic E-state index is -4.56. The summed E-state index contributed by atoms with van der Waals surface area (Å²) in [4.78, 5) is 38.6. The van der Waals surface area contributed by atoms with Gasteiger partial charge in [0.2, 0.25) is 11.1 Å². The molecule has 0 spiro atoms. The fourth-order valence-electron chi connectivity index (χ4n) is 3.23. The molecule has 1 aromatic heterocycles. The summed E-state index contributed by atoms with van der Waals surface area (Å²) in [5.74, 6) is -1.48. The van der Waals surface area contributed by atoms with Crippen molar-refractivity contribution in [2.45, 2.75) is 39.0 Å². The molecule has 1 aliphatic heterocycles. The van der Waals surface area contributed by atoms with E-state index >= 15 is 0 Å². The van der Waals surface area contributed by atoms with Crippen LogP contribution in [0, 0.1) is 6.92 Å². The quantitative estimate of drug-likeness (QED) is 0.707. The normalized spacial score (nSPS) is 15.2. The predicted octanol–water partition coefficient (Wildman–Crippen LogP) is 2.73. The number of carbonyl (C=O) groups is 2. The number of nitrogens with zero attached hydrogens (tertiary/aromatic N) is 3. The van der Waals surface area contributed by atoms with Crippen LogP contribution in [0.4, 0.5) is 13.2 Å². The molecule has 2 aromatic rings. The molecule has 1 fully saturated rings. The van der Waals surface area contributed by atoms with Crippen molar-refractivity contribution in [3.63, 3.8) is 0 Å². The van der Waals surface area contributed by atoms with Crippen molar-refractivity contribution in [2.24, 2.45) is 0 Å². The summed E-state index contributed by atoms with van der Waals surface area (Å²) in [5, 5.41) is 3.91. The molecule has 1 aliphatic rings. The average Bonchev–Trinajstić information content (AvgIpc) is 3.21. The third-order valence-corrected chi connectivity index (χ3v) is 4.77. The number of hydrogen-bond donors (Lipinski definition) is 0. The van der Waals surface area contributed by atoms with Crippen LogP contribution in [0.5, 0.6) is 0 Å². The number of carbonyl (C=O) groups excluding carboxylic acids is 2. The van der Waals surface area contributed by atoms with Gasteiger partial charge in [0.25, 0.3) is 5.91 Å². The lowest BCUT2D eigenvalue weighted by molar-refractivity contribution is -0.139. The first-order chi connectivity index (χ1) is 14.1. The molecule has 30 heavy (non-hydrogen) atoms. The van der Waals surface area contributed by atoms with E-state index in [1.807, 2.05) is 0 Å². The lowest BCUT2D eigenvalue weighted by Crippen LogP contribution is -2.39. The topological polar surface area (TPSA) is 81.5 Å². The number of halogens is 3. The standard InChI is InChI=1S/C20H20F3N3O4/c1-12-10-16(27)17(19(29)30-13(2)18(28)25-8-3-4-9-25)24-26(12)15-7-5-6-14(11-15)20(21,22)23/h5-7,10-11,13H,3-4,8-9H2,1-2H3. The second kappa shape index (κ2) is 8.29. The summed E-state index contributed by atoms with van der Waals surface area (Å²) in [5.41, 5.74) is -2.00. The molecule has 1 atom stereocenters. The van der Waals surface area contributed by atoms with E-state index in [-0.39, 0.29) is 17.3 Å². The predicted molar refractivity (Wildman–Crippen MR) is 100 cm³/mol. The molecule has 1 unspecified atom stereocenters. The van der Waals surface area contributed by atoms with Gasteiger partial charge >= 0.3 is 12.1 Å². The van der Waals surface area contributed by atoms with Gasteiger partial charge in [-0.25, -0.2) is 9.48 Å². The molecule has 1 saturated heterocycles. The number of benzene rings is 1. The third kappa shape index (κ3) is 4.52. The van der Waals surface area contributed by atoms with Gasteiger partial charge in [0.05, 0.1) is 11.3 Å². The van der Waals surface area contributed by atoms with E-state index in [1.165, 1.54) is 26.0 Å². The highest BCUT2D eigenvalue weighted by atomic mass is 19.4. The van der Waals surface area contributed by atoms with Crippen molar-refractivity contribution in [2.75, 3.05) is 13.1 Å². The van der Waals surface area contributed by atoms with Crippen LogP contribution in [-0.2, 0) is 15.7 Å². The molecule has 7 nitrogen and oxygen atoms in total. The van der Waals surface area contributed by atoms with E-state index in [0.717, 1.165) is 35.7 Å². The van der Waals surface area contributed by atoms with Crippen molar-refractivity contribution >= 4 is 11.9 Å². The van der Waals surface area contributed by atoms with Gasteiger partial charge in [0.15, 0.2) is 6.10 Å². The molecule has 1 aromatic carbocycles. The van der Waals surface area contributed by atoms with Crippen molar-refractivity contribution in [1.82, 2.24) is 14.7 Å². The largest absolute Gasteiger partial charge is 0.448 e. The Hall–Kier alpha value is -3.17. The van der Waals surface area contributed by atoms with Crippen LogP contribution in [0.25, 0.3) is 5.69 Å². The van der Waals surface area contributed by atoms with Crippen LogP contribution in [0.3, 0.4) is 0 Å². The highest BCUT2D eigenvalue weighted by Crippen LogP contribution is 2.30. The molecular weight excluding hydrogens is 403 g/mol. The minimum Gasteiger partial charge on any atom is -0.448 e. The fourth-order valence-corrected chi connectivity index (χ4v) is 3.23. The van der Waals surface area contributed by atoms with Crippen LogP contribution in [0.15, 0.2) is 35.1 Å². The second-order valence-corrected chi connectivity index (χ2v) is 7.04. The van der Waals surface area contributed by atoms with Crippen LogP contribution in [0.1, 0.15) is 41.5 Å². The number of likely N-dealkylation sites (tertiary alicyclic amines) is 1. The molecule has 1 amide bonds. The number of aromatic nitrogens is 2. The van der Waals surface area contributed by atoms with Gasteiger partial charge in [-0.3, -0.25) is 9.59 Å². The Morgan fingerprint density at radius 1 is 1.17 bits per heavy atom. The lowest BCUT2D eigenvalue weighted by Gasteiger charge is -2.20. The first kappa shape index (κ1) is 21.5. The molecule has 0 N–H and O–H groups in total. The summed E-state index contributed by atoms with van der Waals surface area (Å²) < 4.78 is 45.2. The monoisotopic (exact) mass is 423 g/mol. The Bertz CT molecular complexity index is 1030. The summed E-state index contributed by atoms with van der Waals surface area (Å²) >= 11 is 0. The summed E-state index contributed by atoms with van der Waals surface area (Å²) in [6, 6.07) is 5.42. The summed E-state index contributed by atoms with van der Waals surface area (Å²) in [6.07, 6.45) is -3.93. The van der Waals surface area contributed by atoms with E-state index in [9.17, 15) is 27.6 Å². The smallest absolute Gasteiger partial charge is 0.416 e. The highest BCUT2D eigenvalue weighted by molar-refractivity contribution is 5.90. The first-order valence-electron chi connectivity index (χ1n) is 9.36. The maximum atomic E-state index is 13.0. The Kier molecular flexibility index (Phi) is 5.95. The van der Waals surface area contributed by atoms with Gasteiger partial charge in [-0.1, -0.05) is 6.07 Å². The molecule has 0 radical (unpaired) electrons. The minimum absolute atomic E-state index is 0.0255. The zero-order valence-corrected chi connectivity index (χ0v) is 16.4. The zero-order chi connectivity index (χ0) is 22.1. The van der Waals surface area contributed by atoms with E-state index < -0.39 is 34.9 Å². The summed E-state index contributed by atoms with van der Waals surface area (Å²) in [7, 11) is 0. The highest BCUT2D eigenvalue weighted by Gasteiger charge is 2.31. The van der Waals surface area contributed by atoms with Gasteiger partial charge < -0.3 is 9.64 Å². The third-order valence-electron chi connectivity index (χ3n) is 4.77. The van der Waals surface area contributed by atoms with Gasteiger partial charge in [-0.15, -0.1) is 0 Å². The van der Waals surface area contributed by atoms with Crippen LogP contribution in [-0.4, -0.2) is 45.8 Å². The van der Waals surface area contributed by atoms with E-state index in [4.69, 9.17) is 4.74 Å². The Morgan fingerprint density at radius 3 is 2.47 bits per heavy atom. The van der Waals surface area contributed by atoms with Crippen molar-refractivity contribution in [1.29, 1.82) is 0 Å². The Balaban J connectivity index is 1.89. The van der Waals surface area contributed by atoms with Crippen molar-refractivity contribution < 1.29 is 27.5 Å². The van der Waals surface area contributed by atoms with E-state index in [1.54, 1.807) is 4.90 Å². The lowest BCUT2D eigenvalue weighted by atomic mass is 10.2. The zero-order valence-electron chi connectivity index (χ0n) is 16.4. The number of amides is 1. The number of aryl methyl sites for hydroxylation is 1. The van der Waals surface area contributed by atoms with Gasteiger partial charge in [0, 0.05) is 24.8 Å². The molecule has 10 heteroatoms. The van der Waals surface area contributed by atoms with Gasteiger partial charge in [-0.05, 0) is 44.9 Å². The molecule has 0 bridgehead atoms. The molecular formula is C20H20F3N3O4. The Labute approximate surface area is 170 Å². The fraction of sp³-hybridized carbons (Fsp3) is 0.400. The number of alkyl halides is 3. The summed E-state index contributed by atoms with van der Waals surface area (Å²) in [6.45, 7) is 4.03. The van der Waals surface area contributed by atoms with E-state index in [2.05, 4.69) is 5.10 Å². The van der Waals surface area contributed by atoms with Crippen LogP contribution >= 0.6 is 0 Å². The second-order valence-electron chi connectivity index (χ2n) is 7.04. The molecule has 0 saturated carbocycles.